The van der Waals surface area contributed by atoms with E-state index in [-0.39, 0.29) is 27.3 Å². The van der Waals surface area contributed by atoms with E-state index in [4.69, 9.17) is 4.74 Å². The second kappa shape index (κ2) is 5.26. The zero-order chi connectivity index (χ0) is 15.0. The molecule has 0 bridgehead atoms. The molecule has 0 saturated heterocycles. The van der Waals surface area contributed by atoms with Crippen molar-refractivity contribution in [2.75, 3.05) is 0 Å². The third-order valence-corrected chi connectivity index (χ3v) is 3.83. The molecule has 0 N–H and O–H groups in total. The molecule has 21 heavy (non-hydrogen) atoms. The van der Waals surface area contributed by atoms with Gasteiger partial charge in [0.1, 0.15) is 11.6 Å². The van der Waals surface area contributed by atoms with Crippen LogP contribution >= 0.6 is 15.9 Å². The first-order chi connectivity index (χ1) is 10.1. The Bertz CT molecular complexity index is 796. The van der Waals surface area contributed by atoms with Crippen molar-refractivity contribution in [2.45, 2.75) is 0 Å². The standard InChI is InChI=1S/C16H8BrFO3/c17-15-11(18)6-3-7-13(15)21-14-8-12(19)9-4-1-2-5-10(9)16(14)20/h1-8H. The fraction of sp³-hybridized carbons (Fsp3) is 0. The summed E-state index contributed by atoms with van der Waals surface area (Å²) in [5.74, 6) is -1.20. The molecule has 1 aliphatic rings. The van der Waals surface area contributed by atoms with Crippen molar-refractivity contribution in [3.05, 3.63) is 75.7 Å². The van der Waals surface area contributed by atoms with Gasteiger partial charge in [-0.1, -0.05) is 30.3 Å². The zero-order valence-electron chi connectivity index (χ0n) is 10.6. The van der Waals surface area contributed by atoms with E-state index in [1.165, 1.54) is 18.2 Å². The topological polar surface area (TPSA) is 43.4 Å². The summed E-state index contributed by atoms with van der Waals surface area (Å²) in [7, 11) is 0. The number of carbonyl (C=O) groups is 2. The summed E-state index contributed by atoms with van der Waals surface area (Å²) >= 11 is 3.05. The third-order valence-electron chi connectivity index (χ3n) is 3.06. The van der Waals surface area contributed by atoms with E-state index < -0.39 is 11.6 Å². The van der Waals surface area contributed by atoms with Crippen LogP contribution in [0.1, 0.15) is 20.7 Å². The van der Waals surface area contributed by atoms with E-state index >= 15 is 0 Å². The summed E-state index contributed by atoms with van der Waals surface area (Å²) in [4.78, 5) is 24.3. The van der Waals surface area contributed by atoms with Crippen LogP contribution in [0, 0.1) is 5.82 Å². The first kappa shape index (κ1) is 13.7. The summed E-state index contributed by atoms with van der Waals surface area (Å²) in [6.45, 7) is 0. The maximum Gasteiger partial charge on any atom is 0.229 e. The van der Waals surface area contributed by atoms with Gasteiger partial charge in [0, 0.05) is 17.2 Å². The summed E-state index contributed by atoms with van der Waals surface area (Å²) in [5.41, 5.74) is 0.626. The first-order valence-corrected chi connectivity index (χ1v) is 6.89. The van der Waals surface area contributed by atoms with E-state index in [2.05, 4.69) is 15.9 Å². The van der Waals surface area contributed by atoms with E-state index in [0.717, 1.165) is 6.08 Å². The molecule has 0 aliphatic heterocycles. The summed E-state index contributed by atoms with van der Waals surface area (Å²) in [5, 5.41) is 0. The Morgan fingerprint density at radius 1 is 0.952 bits per heavy atom. The van der Waals surface area contributed by atoms with Crippen molar-refractivity contribution in [3.63, 3.8) is 0 Å². The highest BCUT2D eigenvalue weighted by Gasteiger charge is 2.27. The molecule has 0 saturated carbocycles. The maximum atomic E-state index is 13.4. The average molecular weight is 347 g/mol. The van der Waals surface area contributed by atoms with Crippen molar-refractivity contribution in [2.24, 2.45) is 0 Å². The van der Waals surface area contributed by atoms with Gasteiger partial charge in [0.15, 0.2) is 11.5 Å². The molecule has 2 aromatic carbocycles. The fourth-order valence-corrected chi connectivity index (χ4v) is 2.39. The van der Waals surface area contributed by atoms with Crippen LogP contribution in [0.5, 0.6) is 5.75 Å². The molecule has 0 amide bonds. The highest BCUT2D eigenvalue weighted by molar-refractivity contribution is 9.10. The number of hydrogen-bond donors (Lipinski definition) is 0. The van der Waals surface area contributed by atoms with Crippen molar-refractivity contribution in [3.8, 4) is 5.75 Å². The Balaban J connectivity index is 2.00. The quantitative estimate of drug-likeness (QED) is 0.827. The number of halogens is 2. The highest BCUT2D eigenvalue weighted by atomic mass is 79.9. The lowest BCUT2D eigenvalue weighted by Gasteiger charge is -2.16. The van der Waals surface area contributed by atoms with E-state index in [1.807, 2.05) is 0 Å². The molecule has 0 fully saturated rings. The Morgan fingerprint density at radius 2 is 1.67 bits per heavy atom. The van der Waals surface area contributed by atoms with Crippen molar-refractivity contribution in [1.29, 1.82) is 0 Å². The number of carbonyl (C=O) groups excluding carboxylic acids is 2. The number of allylic oxidation sites excluding steroid dienone is 2. The lowest BCUT2D eigenvalue weighted by molar-refractivity contribution is 0.0946. The number of benzene rings is 2. The van der Waals surface area contributed by atoms with Crippen molar-refractivity contribution >= 4 is 27.5 Å². The highest BCUT2D eigenvalue weighted by Crippen LogP contribution is 2.31. The van der Waals surface area contributed by atoms with Gasteiger partial charge in [-0.25, -0.2) is 4.39 Å². The number of ether oxygens (including phenoxy) is 1. The molecule has 0 aromatic heterocycles. The van der Waals surface area contributed by atoms with Crippen LogP contribution in [-0.4, -0.2) is 11.6 Å². The molecule has 0 spiro atoms. The summed E-state index contributed by atoms with van der Waals surface area (Å²) < 4.78 is 19.0. The van der Waals surface area contributed by atoms with Crippen LogP contribution in [-0.2, 0) is 0 Å². The van der Waals surface area contributed by atoms with Gasteiger partial charge < -0.3 is 4.74 Å². The molecule has 3 nitrogen and oxygen atoms in total. The summed E-state index contributed by atoms with van der Waals surface area (Å²) in [6.07, 6.45) is 1.13. The molecule has 104 valence electrons. The molecule has 2 aromatic rings. The van der Waals surface area contributed by atoms with Crippen molar-refractivity contribution < 1.29 is 18.7 Å². The molecule has 0 heterocycles. The van der Waals surface area contributed by atoms with Gasteiger partial charge in [0.25, 0.3) is 0 Å². The fourth-order valence-electron chi connectivity index (χ4n) is 2.05. The van der Waals surface area contributed by atoms with Crippen molar-refractivity contribution in [1.82, 2.24) is 0 Å². The van der Waals surface area contributed by atoms with E-state index in [0.29, 0.717) is 5.56 Å². The van der Waals surface area contributed by atoms with Gasteiger partial charge in [-0.05, 0) is 28.1 Å². The average Bonchev–Trinajstić information content (AvgIpc) is 2.49. The van der Waals surface area contributed by atoms with Gasteiger partial charge >= 0.3 is 0 Å². The molecular weight excluding hydrogens is 339 g/mol. The second-order valence-corrected chi connectivity index (χ2v) is 5.19. The minimum absolute atomic E-state index is 0.102. The predicted octanol–water partition coefficient (Wildman–Crippen LogP) is 3.93. The number of ketones is 2. The lowest BCUT2D eigenvalue weighted by atomic mass is 9.94. The molecule has 5 heteroatoms. The number of fused-ring (bicyclic) bond motifs is 1. The maximum absolute atomic E-state index is 13.4. The zero-order valence-corrected chi connectivity index (χ0v) is 12.2. The van der Waals surface area contributed by atoms with Gasteiger partial charge in [-0.3, -0.25) is 9.59 Å². The Morgan fingerprint density at radius 3 is 2.43 bits per heavy atom. The van der Waals surface area contributed by atoms with Crippen LogP contribution in [0.15, 0.2) is 58.8 Å². The minimum Gasteiger partial charge on any atom is -0.452 e. The molecule has 1 aliphatic carbocycles. The first-order valence-electron chi connectivity index (χ1n) is 6.09. The van der Waals surface area contributed by atoms with E-state index in [9.17, 15) is 14.0 Å². The third kappa shape index (κ3) is 2.40. The number of hydrogen-bond acceptors (Lipinski definition) is 3. The second-order valence-electron chi connectivity index (χ2n) is 4.40. The molecule has 3 rings (SSSR count). The molecular formula is C16H8BrFO3. The SMILES string of the molecule is O=C1C=C(Oc2cccc(F)c2Br)C(=O)c2ccccc21. The normalized spacial score (nSPS) is 13.7. The number of Topliss-reactive ketones (excluding diaryl/α,β-unsaturated/α-hetero) is 1. The smallest absolute Gasteiger partial charge is 0.229 e. The minimum atomic E-state index is -0.511. The van der Waals surface area contributed by atoms with Crippen LogP contribution < -0.4 is 4.74 Å². The van der Waals surface area contributed by atoms with Crippen LogP contribution in [0.4, 0.5) is 4.39 Å². The lowest BCUT2D eigenvalue weighted by Crippen LogP contribution is -2.20. The molecule has 0 unspecified atom stereocenters. The Kier molecular flexibility index (Phi) is 3.43. The summed E-state index contributed by atoms with van der Waals surface area (Å²) in [6, 6.07) is 10.7. The van der Waals surface area contributed by atoms with Crippen LogP contribution in [0.25, 0.3) is 0 Å². The van der Waals surface area contributed by atoms with Gasteiger partial charge in [-0.15, -0.1) is 0 Å². The molecule has 0 atom stereocenters. The van der Waals surface area contributed by atoms with Gasteiger partial charge in [-0.2, -0.15) is 0 Å². The Labute approximate surface area is 128 Å². The van der Waals surface area contributed by atoms with E-state index in [1.54, 1.807) is 24.3 Å². The predicted molar refractivity (Wildman–Crippen MR) is 77.9 cm³/mol. The van der Waals surface area contributed by atoms with Crippen LogP contribution in [0.3, 0.4) is 0 Å². The molecule has 0 radical (unpaired) electrons. The Hall–Kier alpha value is -2.27. The monoisotopic (exact) mass is 346 g/mol. The van der Waals surface area contributed by atoms with Crippen LogP contribution in [0.2, 0.25) is 0 Å². The van der Waals surface area contributed by atoms with Gasteiger partial charge in [0.05, 0.1) is 4.47 Å². The number of rotatable bonds is 2. The largest absolute Gasteiger partial charge is 0.452 e. The van der Waals surface area contributed by atoms with Gasteiger partial charge in [0.2, 0.25) is 5.78 Å².